The minimum absolute atomic E-state index is 0.135. The quantitative estimate of drug-likeness (QED) is 0.757. The first-order chi connectivity index (χ1) is 11.7. The lowest BCUT2D eigenvalue weighted by molar-refractivity contribution is -0.137. The molecule has 0 heterocycles. The summed E-state index contributed by atoms with van der Waals surface area (Å²) < 4.78 is 64.7. The molecule has 0 fully saturated rings. The second kappa shape index (κ2) is 7.88. The van der Waals surface area contributed by atoms with Gasteiger partial charge in [-0.05, 0) is 36.8 Å². The van der Waals surface area contributed by atoms with Crippen molar-refractivity contribution in [3.8, 4) is 0 Å². The molecule has 0 aliphatic carbocycles. The highest BCUT2D eigenvalue weighted by Crippen LogP contribution is 2.30. The van der Waals surface area contributed by atoms with Gasteiger partial charge in [-0.15, -0.1) is 0 Å². The molecule has 0 aromatic heterocycles. The molecule has 0 bridgehead atoms. The van der Waals surface area contributed by atoms with E-state index in [1.807, 2.05) is 42.3 Å². The maximum absolute atomic E-state index is 12.7. The Morgan fingerprint density at radius 2 is 1.72 bits per heavy atom. The summed E-state index contributed by atoms with van der Waals surface area (Å²) in [6, 6.07) is 13.3. The maximum Gasteiger partial charge on any atom is 0.416 e. The number of nitrogens with one attached hydrogen (secondary N) is 1. The van der Waals surface area contributed by atoms with Crippen LogP contribution in [0.2, 0.25) is 0 Å². The third kappa shape index (κ3) is 5.47. The van der Waals surface area contributed by atoms with Crippen LogP contribution in [0.3, 0.4) is 0 Å². The zero-order chi connectivity index (χ0) is 18.5. The van der Waals surface area contributed by atoms with Crippen LogP contribution in [0.25, 0.3) is 0 Å². The van der Waals surface area contributed by atoms with E-state index < -0.39 is 26.7 Å². The molecule has 0 radical (unpaired) electrons. The van der Waals surface area contributed by atoms with Gasteiger partial charge in [0, 0.05) is 25.8 Å². The van der Waals surface area contributed by atoms with Crippen LogP contribution in [-0.4, -0.2) is 28.6 Å². The third-order valence-corrected chi connectivity index (χ3v) is 5.09. The topological polar surface area (TPSA) is 49.4 Å². The summed E-state index contributed by atoms with van der Waals surface area (Å²) >= 11 is 0. The second-order valence-electron chi connectivity index (χ2n) is 5.53. The first kappa shape index (κ1) is 19.3. The molecular weight excluding hydrogens is 353 g/mol. The molecule has 0 saturated heterocycles. The normalized spacial score (nSPS) is 12.2. The molecule has 4 nitrogen and oxygen atoms in total. The average Bonchev–Trinajstić information content (AvgIpc) is 2.59. The molecule has 1 N–H and O–H groups in total. The van der Waals surface area contributed by atoms with Crippen molar-refractivity contribution in [2.75, 3.05) is 25.0 Å². The number of hydrogen-bond donors (Lipinski definition) is 1. The molecule has 0 spiro atoms. The largest absolute Gasteiger partial charge is 0.416 e. The molecule has 2 aromatic carbocycles. The fourth-order valence-corrected chi connectivity index (χ4v) is 3.38. The van der Waals surface area contributed by atoms with Crippen molar-refractivity contribution in [2.45, 2.75) is 17.5 Å². The SMILES string of the molecule is CN(CCCNS(=O)(=O)c1cccc(C(F)(F)F)c1)c1ccccc1. The maximum atomic E-state index is 12.7. The van der Waals surface area contributed by atoms with Gasteiger partial charge in [-0.3, -0.25) is 0 Å². The molecule has 136 valence electrons. The van der Waals surface area contributed by atoms with Crippen molar-refractivity contribution in [2.24, 2.45) is 0 Å². The van der Waals surface area contributed by atoms with Gasteiger partial charge in [0.2, 0.25) is 10.0 Å². The van der Waals surface area contributed by atoms with Crippen LogP contribution in [0, 0.1) is 0 Å². The van der Waals surface area contributed by atoms with Crippen molar-refractivity contribution in [3.05, 3.63) is 60.2 Å². The van der Waals surface area contributed by atoms with Gasteiger partial charge in [-0.2, -0.15) is 13.2 Å². The average molecular weight is 372 g/mol. The zero-order valence-corrected chi connectivity index (χ0v) is 14.4. The summed E-state index contributed by atoms with van der Waals surface area (Å²) in [7, 11) is -2.09. The minimum atomic E-state index is -4.58. The number of nitrogens with zero attached hydrogens (tertiary/aromatic N) is 1. The molecular formula is C17H19F3N2O2S. The van der Waals surface area contributed by atoms with Gasteiger partial charge in [-0.1, -0.05) is 24.3 Å². The number of hydrogen-bond acceptors (Lipinski definition) is 3. The lowest BCUT2D eigenvalue weighted by Gasteiger charge is -2.19. The van der Waals surface area contributed by atoms with Crippen molar-refractivity contribution >= 4 is 15.7 Å². The lowest BCUT2D eigenvalue weighted by atomic mass is 10.2. The van der Waals surface area contributed by atoms with Crippen LogP contribution >= 0.6 is 0 Å². The Hall–Kier alpha value is -2.06. The van der Waals surface area contributed by atoms with E-state index in [9.17, 15) is 21.6 Å². The highest BCUT2D eigenvalue weighted by Gasteiger charge is 2.31. The number of para-hydroxylation sites is 1. The highest BCUT2D eigenvalue weighted by molar-refractivity contribution is 7.89. The summed E-state index contributed by atoms with van der Waals surface area (Å²) in [5.41, 5.74) is 0.0161. The molecule has 0 aliphatic rings. The standard InChI is InChI=1S/C17H19F3N2O2S/c1-22(15-8-3-2-4-9-15)12-6-11-21-25(23,24)16-10-5-7-14(13-16)17(18,19)20/h2-5,7-10,13,21H,6,11-12H2,1H3. The number of sulfonamides is 1. The fourth-order valence-electron chi connectivity index (χ4n) is 2.26. The fraction of sp³-hybridized carbons (Fsp3) is 0.294. The smallest absolute Gasteiger partial charge is 0.375 e. The summed E-state index contributed by atoms with van der Waals surface area (Å²) in [4.78, 5) is 1.58. The number of anilines is 1. The monoisotopic (exact) mass is 372 g/mol. The summed E-state index contributed by atoms with van der Waals surface area (Å²) in [5, 5.41) is 0. The van der Waals surface area contributed by atoms with E-state index in [1.54, 1.807) is 0 Å². The van der Waals surface area contributed by atoms with E-state index in [1.165, 1.54) is 0 Å². The van der Waals surface area contributed by atoms with Crippen LogP contribution in [0.4, 0.5) is 18.9 Å². The lowest BCUT2D eigenvalue weighted by Crippen LogP contribution is -2.28. The van der Waals surface area contributed by atoms with E-state index >= 15 is 0 Å². The Morgan fingerprint density at radius 1 is 1.04 bits per heavy atom. The van der Waals surface area contributed by atoms with E-state index in [2.05, 4.69) is 4.72 Å². The van der Waals surface area contributed by atoms with Crippen molar-refractivity contribution in [3.63, 3.8) is 0 Å². The van der Waals surface area contributed by atoms with Crippen molar-refractivity contribution in [1.82, 2.24) is 4.72 Å². The summed E-state index contributed by atoms with van der Waals surface area (Å²) in [5.74, 6) is 0. The summed E-state index contributed by atoms with van der Waals surface area (Å²) in [6.45, 7) is 0.741. The Balaban J connectivity index is 1.92. The van der Waals surface area contributed by atoms with Gasteiger partial charge >= 0.3 is 6.18 Å². The van der Waals surface area contributed by atoms with Crippen LogP contribution in [-0.2, 0) is 16.2 Å². The van der Waals surface area contributed by atoms with Crippen LogP contribution in [0.15, 0.2) is 59.5 Å². The van der Waals surface area contributed by atoms with E-state index in [0.29, 0.717) is 19.0 Å². The van der Waals surface area contributed by atoms with E-state index in [4.69, 9.17) is 0 Å². The van der Waals surface area contributed by atoms with Gasteiger partial charge in [0.25, 0.3) is 0 Å². The third-order valence-electron chi connectivity index (χ3n) is 3.63. The van der Waals surface area contributed by atoms with Gasteiger partial charge < -0.3 is 4.90 Å². The highest BCUT2D eigenvalue weighted by atomic mass is 32.2. The molecule has 0 amide bonds. The first-order valence-corrected chi connectivity index (χ1v) is 9.11. The Labute approximate surface area is 145 Å². The molecule has 0 unspecified atom stereocenters. The predicted octanol–water partition coefficient (Wildman–Crippen LogP) is 3.51. The minimum Gasteiger partial charge on any atom is -0.375 e. The number of benzene rings is 2. The first-order valence-electron chi connectivity index (χ1n) is 7.63. The predicted molar refractivity (Wildman–Crippen MR) is 91.0 cm³/mol. The van der Waals surface area contributed by atoms with E-state index in [-0.39, 0.29) is 6.54 Å². The second-order valence-corrected chi connectivity index (χ2v) is 7.30. The molecule has 8 heteroatoms. The molecule has 0 saturated carbocycles. The van der Waals surface area contributed by atoms with Crippen molar-refractivity contribution < 1.29 is 21.6 Å². The van der Waals surface area contributed by atoms with Crippen LogP contribution in [0.5, 0.6) is 0 Å². The van der Waals surface area contributed by atoms with Crippen LogP contribution in [0.1, 0.15) is 12.0 Å². The summed E-state index contributed by atoms with van der Waals surface area (Å²) in [6.07, 6.45) is -4.06. The Kier molecular flexibility index (Phi) is 6.07. The zero-order valence-electron chi connectivity index (χ0n) is 13.6. The molecule has 2 aromatic rings. The van der Waals surface area contributed by atoms with E-state index in [0.717, 1.165) is 23.9 Å². The van der Waals surface area contributed by atoms with Gasteiger partial charge in [-0.25, -0.2) is 13.1 Å². The van der Waals surface area contributed by atoms with Gasteiger partial charge in [0.1, 0.15) is 0 Å². The number of alkyl halides is 3. The molecule has 2 rings (SSSR count). The molecule has 0 aliphatic heterocycles. The number of halogens is 3. The van der Waals surface area contributed by atoms with Crippen LogP contribution < -0.4 is 9.62 Å². The van der Waals surface area contributed by atoms with Crippen molar-refractivity contribution in [1.29, 1.82) is 0 Å². The number of rotatable bonds is 7. The Morgan fingerprint density at radius 3 is 2.36 bits per heavy atom. The van der Waals surface area contributed by atoms with Gasteiger partial charge in [0.15, 0.2) is 0 Å². The molecule has 25 heavy (non-hydrogen) atoms. The van der Waals surface area contributed by atoms with Gasteiger partial charge in [0.05, 0.1) is 10.5 Å². The molecule has 0 atom stereocenters. The Bertz CT molecular complexity index is 793.